The molecule has 0 aromatic heterocycles. The van der Waals surface area contributed by atoms with Crippen LogP contribution in [0.25, 0.3) is 0 Å². The number of benzene rings is 1. The van der Waals surface area contributed by atoms with Gasteiger partial charge >= 0.3 is 0 Å². The molecule has 2 rings (SSSR count). The van der Waals surface area contributed by atoms with Crippen molar-refractivity contribution in [3.05, 3.63) is 34.9 Å². The molecule has 0 aliphatic carbocycles. The summed E-state index contributed by atoms with van der Waals surface area (Å²) < 4.78 is 5.59. The highest BCUT2D eigenvalue weighted by atomic mass is 35.5. The average Bonchev–Trinajstić information content (AvgIpc) is 2.32. The molecule has 1 heterocycles. The van der Waals surface area contributed by atoms with Crippen LogP contribution < -0.4 is 5.73 Å². The van der Waals surface area contributed by atoms with Gasteiger partial charge in [-0.1, -0.05) is 29.8 Å². The fraction of sp³-hybridized carbons (Fsp3) is 0.571. The normalized spacial score (nSPS) is 24.8. The van der Waals surface area contributed by atoms with Gasteiger partial charge in [0.25, 0.3) is 0 Å². The minimum atomic E-state index is 0.0372. The number of ether oxygens (including phenoxy) is 1. The van der Waals surface area contributed by atoms with E-state index in [4.69, 9.17) is 22.1 Å². The Kier molecular flexibility index (Phi) is 4.62. The summed E-state index contributed by atoms with van der Waals surface area (Å²) in [6.45, 7) is 6.69. The molecule has 0 bridgehead atoms. The molecule has 1 saturated heterocycles. The van der Waals surface area contributed by atoms with Crippen LogP contribution in [0.15, 0.2) is 24.3 Å². The maximum Gasteiger partial charge on any atom is 0.0674 e. The molecular formula is C14H21ClN2O. The Balaban J connectivity index is 2.26. The molecule has 18 heavy (non-hydrogen) atoms. The SMILES string of the molecule is CC1CN(C(c2ccccc2Cl)C(C)N)CCO1. The van der Waals surface area contributed by atoms with Crippen LogP contribution >= 0.6 is 11.6 Å². The Bertz CT molecular complexity index is 397. The zero-order chi connectivity index (χ0) is 13.1. The van der Waals surface area contributed by atoms with Crippen molar-refractivity contribution >= 4 is 11.6 Å². The largest absolute Gasteiger partial charge is 0.376 e. The van der Waals surface area contributed by atoms with E-state index in [1.54, 1.807) is 0 Å². The second kappa shape index (κ2) is 6.02. The van der Waals surface area contributed by atoms with E-state index < -0.39 is 0 Å². The van der Waals surface area contributed by atoms with Crippen LogP contribution in [0.4, 0.5) is 0 Å². The lowest BCUT2D eigenvalue weighted by Gasteiger charge is -2.39. The number of hydrogen-bond acceptors (Lipinski definition) is 3. The van der Waals surface area contributed by atoms with Crippen LogP contribution in [0, 0.1) is 0 Å². The van der Waals surface area contributed by atoms with E-state index in [9.17, 15) is 0 Å². The Morgan fingerprint density at radius 2 is 2.17 bits per heavy atom. The number of halogens is 1. The van der Waals surface area contributed by atoms with Crippen molar-refractivity contribution in [3.63, 3.8) is 0 Å². The third-order valence-electron chi connectivity index (χ3n) is 3.39. The molecule has 4 heteroatoms. The van der Waals surface area contributed by atoms with Crippen molar-refractivity contribution in [2.75, 3.05) is 19.7 Å². The monoisotopic (exact) mass is 268 g/mol. The van der Waals surface area contributed by atoms with Crippen LogP contribution in [-0.4, -0.2) is 36.7 Å². The van der Waals surface area contributed by atoms with Crippen LogP contribution in [0.3, 0.4) is 0 Å². The van der Waals surface area contributed by atoms with E-state index >= 15 is 0 Å². The number of morpholine rings is 1. The smallest absolute Gasteiger partial charge is 0.0674 e. The Morgan fingerprint density at radius 1 is 1.44 bits per heavy atom. The van der Waals surface area contributed by atoms with Crippen molar-refractivity contribution in [2.24, 2.45) is 5.73 Å². The number of rotatable bonds is 3. The predicted octanol–water partition coefficient (Wildman–Crippen LogP) is 2.45. The van der Waals surface area contributed by atoms with Crippen molar-refractivity contribution < 1.29 is 4.74 Å². The highest BCUT2D eigenvalue weighted by Crippen LogP contribution is 2.30. The molecule has 0 saturated carbocycles. The highest BCUT2D eigenvalue weighted by Gasteiger charge is 2.29. The van der Waals surface area contributed by atoms with Gasteiger partial charge in [0.15, 0.2) is 0 Å². The first kappa shape index (κ1) is 13.8. The molecule has 1 fully saturated rings. The highest BCUT2D eigenvalue weighted by molar-refractivity contribution is 6.31. The van der Waals surface area contributed by atoms with Gasteiger partial charge in [0.1, 0.15) is 0 Å². The number of nitrogens with two attached hydrogens (primary N) is 1. The summed E-state index contributed by atoms with van der Waals surface area (Å²) >= 11 is 6.31. The fourth-order valence-electron chi connectivity index (χ4n) is 2.63. The molecule has 3 atom stereocenters. The minimum Gasteiger partial charge on any atom is -0.376 e. The van der Waals surface area contributed by atoms with Gasteiger partial charge < -0.3 is 10.5 Å². The zero-order valence-electron chi connectivity index (χ0n) is 11.0. The number of hydrogen-bond donors (Lipinski definition) is 1. The van der Waals surface area contributed by atoms with Crippen molar-refractivity contribution in [1.82, 2.24) is 4.90 Å². The molecule has 0 radical (unpaired) electrons. The molecule has 1 aliphatic rings. The Morgan fingerprint density at radius 3 is 2.78 bits per heavy atom. The lowest BCUT2D eigenvalue weighted by atomic mass is 9.98. The van der Waals surface area contributed by atoms with Gasteiger partial charge in [-0.15, -0.1) is 0 Å². The molecule has 0 amide bonds. The molecule has 1 aromatic rings. The van der Waals surface area contributed by atoms with Crippen molar-refractivity contribution in [1.29, 1.82) is 0 Å². The summed E-state index contributed by atoms with van der Waals surface area (Å²) in [6, 6.07) is 8.15. The number of nitrogens with zero attached hydrogens (tertiary/aromatic N) is 1. The summed E-state index contributed by atoms with van der Waals surface area (Å²) in [5, 5.41) is 0.791. The molecule has 1 aliphatic heterocycles. The summed E-state index contributed by atoms with van der Waals surface area (Å²) in [4.78, 5) is 2.38. The van der Waals surface area contributed by atoms with E-state index in [1.807, 2.05) is 25.1 Å². The summed E-state index contributed by atoms with van der Waals surface area (Å²) in [5.74, 6) is 0. The molecule has 3 unspecified atom stereocenters. The molecule has 1 aromatic carbocycles. The third-order valence-corrected chi connectivity index (χ3v) is 3.73. The maximum absolute atomic E-state index is 6.31. The zero-order valence-corrected chi connectivity index (χ0v) is 11.7. The van der Waals surface area contributed by atoms with Gasteiger partial charge in [0, 0.05) is 24.2 Å². The lowest BCUT2D eigenvalue weighted by Crippen LogP contribution is -2.48. The first-order valence-electron chi connectivity index (χ1n) is 6.45. The molecule has 2 N–H and O–H groups in total. The average molecular weight is 269 g/mol. The molecule has 3 nitrogen and oxygen atoms in total. The van der Waals surface area contributed by atoms with Gasteiger partial charge in [-0.3, -0.25) is 4.90 Å². The van der Waals surface area contributed by atoms with Crippen LogP contribution in [0.5, 0.6) is 0 Å². The van der Waals surface area contributed by atoms with Gasteiger partial charge in [-0.2, -0.15) is 0 Å². The van der Waals surface area contributed by atoms with E-state index in [0.29, 0.717) is 0 Å². The van der Waals surface area contributed by atoms with E-state index in [-0.39, 0.29) is 18.2 Å². The quantitative estimate of drug-likeness (QED) is 0.915. The predicted molar refractivity (Wildman–Crippen MR) is 74.8 cm³/mol. The van der Waals surface area contributed by atoms with Crippen LogP contribution in [0.2, 0.25) is 5.02 Å². The van der Waals surface area contributed by atoms with E-state index in [2.05, 4.69) is 17.9 Å². The van der Waals surface area contributed by atoms with Crippen LogP contribution in [-0.2, 0) is 4.74 Å². The standard InChI is InChI=1S/C14H21ClN2O/c1-10-9-17(7-8-18-10)14(11(2)16)12-5-3-4-6-13(12)15/h3-6,10-11,14H,7-9,16H2,1-2H3. The summed E-state index contributed by atoms with van der Waals surface area (Å²) in [6.07, 6.45) is 0.252. The Hall–Kier alpha value is -0.610. The topological polar surface area (TPSA) is 38.5 Å². The van der Waals surface area contributed by atoms with Gasteiger partial charge in [-0.05, 0) is 25.5 Å². The van der Waals surface area contributed by atoms with Gasteiger partial charge in [0.2, 0.25) is 0 Å². The Labute approximate surface area is 114 Å². The van der Waals surface area contributed by atoms with Crippen molar-refractivity contribution in [3.8, 4) is 0 Å². The van der Waals surface area contributed by atoms with Gasteiger partial charge in [-0.25, -0.2) is 0 Å². The van der Waals surface area contributed by atoms with Crippen molar-refractivity contribution in [2.45, 2.75) is 32.0 Å². The van der Waals surface area contributed by atoms with Crippen LogP contribution in [0.1, 0.15) is 25.5 Å². The third kappa shape index (κ3) is 3.04. The lowest BCUT2D eigenvalue weighted by molar-refractivity contribution is -0.0376. The molecular weight excluding hydrogens is 248 g/mol. The maximum atomic E-state index is 6.31. The first-order chi connectivity index (χ1) is 8.59. The minimum absolute atomic E-state index is 0.0372. The van der Waals surface area contributed by atoms with E-state index in [0.717, 1.165) is 30.3 Å². The summed E-state index contributed by atoms with van der Waals surface area (Å²) in [7, 11) is 0. The van der Waals surface area contributed by atoms with Gasteiger partial charge in [0.05, 0.1) is 18.8 Å². The molecule has 0 spiro atoms. The molecule has 100 valence electrons. The first-order valence-corrected chi connectivity index (χ1v) is 6.83. The fourth-order valence-corrected chi connectivity index (χ4v) is 2.87. The van der Waals surface area contributed by atoms with E-state index in [1.165, 1.54) is 0 Å². The second-order valence-electron chi connectivity index (χ2n) is 5.00. The summed E-state index contributed by atoms with van der Waals surface area (Å²) in [5.41, 5.74) is 7.29. The second-order valence-corrected chi connectivity index (χ2v) is 5.41.